The largest absolute Gasteiger partial charge is 0.309 e. The van der Waals surface area contributed by atoms with E-state index < -0.39 is 5.41 Å². The van der Waals surface area contributed by atoms with Crippen molar-refractivity contribution in [3.8, 4) is 55.6 Å². The minimum Gasteiger partial charge on any atom is -0.309 e. The summed E-state index contributed by atoms with van der Waals surface area (Å²) in [5, 5.41) is 2.40. The van der Waals surface area contributed by atoms with Gasteiger partial charge in [-0.15, -0.1) is 0 Å². The Balaban J connectivity index is 1.15. The van der Waals surface area contributed by atoms with Gasteiger partial charge in [-0.25, -0.2) is 0 Å². The third-order valence-corrected chi connectivity index (χ3v) is 13.6. The fourth-order valence-electron chi connectivity index (χ4n) is 10.6. The molecule has 0 heterocycles. The molecule has 0 bridgehead atoms. The SMILES string of the molecule is c1ccc(-c2ccc(-c3c(N(c4ccc5c(c4)-c4ccccc4C5(c4ccccc4)c4ccccc4)c4ccc(-c5ccccc5)cc4-c4ccccc4)ccc4ccccc34)cc2)cc1. The zero-order chi connectivity index (χ0) is 43.9. The van der Waals surface area contributed by atoms with Crippen LogP contribution in [0.3, 0.4) is 0 Å². The maximum Gasteiger partial charge on any atom is 0.0713 e. The second-order valence-electron chi connectivity index (χ2n) is 17.2. The van der Waals surface area contributed by atoms with Crippen molar-refractivity contribution in [3.63, 3.8) is 0 Å². The van der Waals surface area contributed by atoms with Crippen LogP contribution in [0.2, 0.25) is 0 Å². The lowest BCUT2D eigenvalue weighted by Gasteiger charge is -2.34. The Labute approximate surface area is 387 Å². The molecule has 0 saturated carbocycles. The summed E-state index contributed by atoms with van der Waals surface area (Å²) >= 11 is 0. The van der Waals surface area contributed by atoms with Crippen LogP contribution in [-0.4, -0.2) is 0 Å². The fraction of sp³-hybridized carbons (Fsp3) is 0.0154. The third-order valence-electron chi connectivity index (χ3n) is 13.6. The summed E-state index contributed by atoms with van der Waals surface area (Å²) in [7, 11) is 0. The quantitative estimate of drug-likeness (QED) is 0.140. The van der Waals surface area contributed by atoms with E-state index in [4.69, 9.17) is 0 Å². The summed E-state index contributed by atoms with van der Waals surface area (Å²) in [6.45, 7) is 0. The molecule has 11 aromatic rings. The molecule has 310 valence electrons. The van der Waals surface area contributed by atoms with Crippen molar-refractivity contribution < 1.29 is 0 Å². The zero-order valence-electron chi connectivity index (χ0n) is 36.4. The highest BCUT2D eigenvalue weighted by atomic mass is 15.1. The Kier molecular flexibility index (Phi) is 9.81. The number of hydrogen-bond donors (Lipinski definition) is 0. The fourth-order valence-corrected chi connectivity index (χ4v) is 10.6. The first kappa shape index (κ1) is 39.1. The first-order chi connectivity index (χ1) is 32.8. The molecule has 0 radical (unpaired) electrons. The first-order valence-corrected chi connectivity index (χ1v) is 22.8. The lowest BCUT2D eigenvalue weighted by molar-refractivity contribution is 0.768. The van der Waals surface area contributed by atoms with Crippen LogP contribution >= 0.6 is 0 Å². The van der Waals surface area contributed by atoms with Crippen molar-refractivity contribution in [1.82, 2.24) is 0 Å². The van der Waals surface area contributed by atoms with Crippen LogP contribution in [0.25, 0.3) is 66.4 Å². The Morgan fingerprint density at radius 3 is 1.42 bits per heavy atom. The third kappa shape index (κ3) is 6.56. The van der Waals surface area contributed by atoms with Crippen molar-refractivity contribution in [2.75, 3.05) is 4.90 Å². The molecule has 1 aliphatic carbocycles. The van der Waals surface area contributed by atoms with E-state index in [0.29, 0.717) is 0 Å². The minimum absolute atomic E-state index is 0.501. The predicted octanol–water partition coefficient (Wildman–Crippen LogP) is 17.3. The van der Waals surface area contributed by atoms with E-state index in [1.165, 1.54) is 72.0 Å². The van der Waals surface area contributed by atoms with Gasteiger partial charge < -0.3 is 4.90 Å². The maximum atomic E-state index is 2.53. The first-order valence-electron chi connectivity index (χ1n) is 22.8. The van der Waals surface area contributed by atoms with Crippen molar-refractivity contribution in [2.24, 2.45) is 0 Å². The lowest BCUT2D eigenvalue weighted by atomic mass is 9.68. The van der Waals surface area contributed by atoms with Crippen LogP contribution in [0.4, 0.5) is 17.1 Å². The van der Waals surface area contributed by atoms with Gasteiger partial charge in [0, 0.05) is 16.8 Å². The average Bonchev–Trinajstić information content (AvgIpc) is 3.70. The van der Waals surface area contributed by atoms with Crippen LogP contribution in [0.15, 0.2) is 273 Å². The monoisotopic (exact) mass is 839 g/mol. The van der Waals surface area contributed by atoms with Crippen LogP contribution in [0, 0.1) is 0 Å². The summed E-state index contributed by atoms with van der Waals surface area (Å²) < 4.78 is 0. The number of benzene rings is 11. The van der Waals surface area contributed by atoms with Gasteiger partial charge in [0.05, 0.1) is 16.8 Å². The molecule has 0 atom stereocenters. The second-order valence-corrected chi connectivity index (χ2v) is 17.2. The van der Waals surface area contributed by atoms with E-state index in [0.717, 1.165) is 33.8 Å². The maximum absolute atomic E-state index is 2.53. The molecule has 0 aromatic heterocycles. The van der Waals surface area contributed by atoms with Gasteiger partial charge in [-0.2, -0.15) is 0 Å². The van der Waals surface area contributed by atoms with Crippen LogP contribution in [-0.2, 0) is 5.41 Å². The molecule has 0 N–H and O–H groups in total. The molecule has 0 fully saturated rings. The number of rotatable bonds is 9. The number of nitrogens with zero attached hydrogens (tertiary/aromatic N) is 1. The summed E-state index contributed by atoms with van der Waals surface area (Å²) in [6.07, 6.45) is 0. The van der Waals surface area contributed by atoms with E-state index in [2.05, 4.69) is 278 Å². The molecule has 1 nitrogen and oxygen atoms in total. The summed E-state index contributed by atoms with van der Waals surface area (Å²) in [5.41, 5.74) is 19.8. The molecule has 12 rings (SSSR count). The molecule has 11 aromatic carbocycles. The van der Waals surface area contributed by atoms with Crippen LogP contribution < -0.4 is 4.90 Å². The van der Waals surface area contributed by atoms with Gasteiger partial charge in [0.25, 0.3) is 0 Å². The molecule has 0 amide bonds. The van der Waals surface area contributed by atoms with Gasteiger partial charge in [-0.1, -0.05) is 243 Å². The predicted molar refractivity (Wildman–Crippen MR) is 278 cm³/mol. The Hall–Kier alpha value is -8.52. The second kappa shape index (κ2) is 16.6. The summed E-state index contributed by atoms with van der Waals surface area (Å²) in [5.74, 6) is 0. The Bertz CT molecular complexity index is 3450. The van der Waals surface area contributed by atoms with Crippen LogP contribution in [0.1, 0.15) is 22.3 Å². The molecule has 0 aliphatic heterocycles. The highest BCUT2D eigenvalue weighted by molar-refractivity contribution is 6.07. The molecule has 0 spiro atoms. The smallest absolute Gasteiger partial charge is 0.0713 e. The topological polar surface area (TPSA) is 3.24 Å². The number of fused-ring (bicyclic) bond motifs is 4. The molecule has 0 saturated heterocycles. The Morgan fingerprint density at radius 1 is 0.273 bits per heavy atom. The van der Waals surface area contributed by atoms with Gasteiger partial charge in [0.2, 0.25) is 0 Å². The molecule has 66 heavy (non-hydrogen) atoms. The molecule has 1 aliphatic rings. The molecular weight excluding hydrogens is 795 g/mol. The number of hydrogen-bond acceptors (Lipinski definition) is 1. The molecular formula is C65H45N. The van der Waals surface area contributed by atoms with E-state index in [-0.39, 0.29) is 0 Å². The van der Waals surface area contributed by atoms with Gasteiger partial charge in [-0.3, -0.25) is 0 Å². The molecule has 0 unspecified atom stereocenters. The zero-order valence-corrected chi connectivity index (χ0v) is 36.4. The van der Waals surface area contributed by atoms with Crippen molar-refractivity contribution >= 4 is 27.8 Å². The van der Waals surface area contributed by atoms with Gasteiger partial charge in [0.15, 0.2) is 0 Å². The highest BCUT2D eigenvalue weighted by Crippen LogP contribution is 2.58. The van der Waals surface area contributed by atoms with E-state index in [9.17, 15) is 0 Å². The van der Waals surface area contributed by atoms with Gasteiger partial charge >= 0.3 is 0 Å². The summed E-state index contributed by atoms with van der Waals surface area (Å²) in [6, 6.07) is 100. The highest BCUT2D eigenvalue weighted by Gasteiger charge is 2.46. The summed E-state index contributed by atoms with van der Waals surface area (Å²) in [4.78, 5) is 2.53. The van der Waals surface area contributed by atoms with Gasteiger partial charge in [-0.05, 0) is 108 Å². The van der Waals surface area contributed by atoms with E-state index in [1.807, 2.05) is 0 Å². The molecule has 1 heteroatoms. The van der Waals surface area contributed by atoms with Crippen molar-refractivity contribution in [2.45, 2.75) is 5.41 Å². The van der Waals surface area contributed by atoms with Gasteiger partial charge in [0.1, 0.15) is 0 Å². The van der Waals surface area contributed by atoms with Crippen molar-refractivity contribution in [1.29, 1.82) is 0 Å². The van der Waals surface area contributed by atoms with E-state index >= 15 is 0 Å². The standard InChI is InChI=1S/C65H45N/c1-6-20-46(21-7-1)48-34-36-51(37-35-48)64-56-31-17-16-26-50(56)38-43-63(64)66(62-42-39-52(47-22-8-2-9-23-47)44-58(62)49-24-10-3-11-25-49)55-40-41-61-59(45-55)57-32-18-19-33-60(57)65(61,53-27-12-4-13-28-53)54-29-14-5-15-30-54/h1-45H. The number of anilines is 3. The normalized spacial score (nSPS) is 12.4. The minimum atomic E-state index is -0.501. The Morgan fingerprint density at radius 2 is 0.758 bits per heavy atom. The van der Waals surface area contributed by atoms with Crippen molar-refractivity contribution in [3.05, 3.63) is 295 Å². The van der Waals surface area contributed by atoms with E-state index in [1.54, 1.807) is 0 Å². The average molecular weight is 840 g/mol. The lowest BCUT2D eigenvalue weighted by Crippen LogP contribution is -2.28. The van der Waals surface area contributed by atoms with Crippen LogP contribution in [0.5, 0.6) is 0 Å².